The second-order valence-corrected chi connectivity index (χ2v) is 11.7. The fourth-order valence-corrected chi connectivity index (χ4v) is 6.21. The Labute approximate surface area is 267 Å². The summed E-state index contributed by atoms with van der Waals surface area (Å²) in [5.41, 5.74) is 0.388. The average Bonchev–Trinajstić information content (AvgIpc) is 3.55. The van der Waals surface area contributed by atoms with Gasteiger partial charge in [-0.05, 0) is 43.0 Å². The molecule has 18 heteroatoms. The third kappa shape index (κ3) is 5.86. The van der Waals surface area contributed by atoms with Crippen molar-refractivity contribution in [3.05, 3.63) is 73.6 Å². The summed E-state index contributed by atoms with van der Waals surface area (Å²) in [6.45, 7) is 0.412. The van der Waals surface area contributed by atoms with Crippen LogP contribution in [-0.4, -0.2) is 97.9 Å². The van der Waals surface area contributed by atoms with Gasteiger partial charge in [-0.15, -0.1) is 0 Å². The maximum absolute atomic E-state index is 15.1. The predicted molar refractivity (Wildman–Crippen MR) is 155 cm³/mol. The molecule has 0 aliphatic carbocycles. The summed E-state index contributed by atoms with van der Waals surface area (Å²) in [5, 5.41) is 4.56. The first-order chi connectivity index (χ1) is 21.8. The molecule has 3 aromatic rings. The summed E-state index contributed by atoms with van der Waals surface area (Å²) >= 11 is 12.4. The highest BCUT2D eigenvalue weighted by atomic mass is 35.5. The number of amidine groups is 1. The molecular formula is C28H25Cl2F4N7O5+. The van der Waals surface area contributed by atoms with Gasteiger partial charge in [-0.3, -0.25) is 23.6 Å². The number of likely N-dealkylation sites (tertiary alicyclic amines) is 1. The number of piperidine rings is 1. The number of H-pyrrole nitrogens is 1. The van der Waals surface area contributed by atoms with E-state index in [0.29, 0.717) is 29.5 Å². The minimum absolute atomic E-state index is 0.0373. The quantitative estimate of drug-likeness (QED) is 0.410. The first-order valence-corrected chi connectivity index (χ1v) is 15.0. The van der Waals surface area contributed by atoms with E-state index in [1.165, 1.54) is 43.5 Å². The number of hydrogen-bond donors (Lipinski definition) is 1. The average molecular weight is 686 g/mol. The normalized spacial score (nSPS) is 18.6. The van der Waals surface area contributed by atoms with E-state index in [0.717, 1.165) is 25.3 Å². The fourth-order valence-electron chi connectivity index (χ4n) is 5.77. The standard InChI is InChI=1S/C28H25Cl2F4N7O5/c29-18-12-20-24(42)35-13-16(40(20)22(18)30)10-15-4-5-19(31)17(11-15)25(43)38-8-9-39-21(14-38)41(46-27(45)28(32,33)34)36-23(39)26(44)37-6-2-1-3-7-37/h4-5,11-13,21H,1-3,6-10,14H2,(H,35,42)/q+1. The number of benzene rings is 1. The molecule has 2 aromatic heterocycles. The third-order valence-electron chi connectivity index (χ3n) is 8.04. The number of hydrazone groups is 1. The molecule has 2 fully saturated rings. The number of nitrogens with one attached hydrogen (secondary N) is 1. The van der Waals surface area contributed by atoms with Crippen LogP contribution in [0.5, 0.6) is 0 Å². The molecule has 12 nitrogen and oxygen atoms in total. The largest absolute Gasteiger partial charge is 0.493 e. The molecule has 5 heterocycles. The van der Waals surface area contributed by atoms with E-state index in [4.69, 9.17) is 23.2 Å². The van der Waals surface area contributed by atoms with Gasteiger partial charge in [0, 0.05) is 36.6 Å². The van der Waals surface area contributed by atoms with E-state index in [2.05, 4.69) is 14.9 Å². The Balaban J connectivity index is 1.25. The summed E-state index contributed by atoms with van der Waals surface area (Å²) in [6.07, 6.45) is -2.66. The van der Waals surface area contributed by atoms with Gasteiger partial charge in [0.1, 0.15) is 23.0 Å². The van der Waals surface area contributed by atoms with Crippen molar-refractivity contribution in [1.29, 1.82) is 0 Å². The van der Waals surface area contributed by atoms with Crippen LogP contribution in [0.3, 0.4) is 0 Å². The van der Waals surface area contributed by atoms with Gasteiger partial charge in [0.05, 0.1) is 28.8 Å². The number of hydrogen-bond acceptors (Lipinski definition) is 8. The van der Waals surface area contributed by atoms with E-state index in [1.807, 2.05) is 0 Å². The van der Waals surface area contributed by atoms with E-state index in [1.54, 1.807) is 0 Å². The van der Waals surface area contributed by atoms with Crippen LogP contribution >= 0.6 is 23.2 Å². The molecular weight excluding hydrogens is 661 g/mol. The Morgan fingerprint density at radius 2 is 1.74 bits per heavy atom. The second kappa shape index (κ2) is 12.1. The highest BCUT2D eigenvalue weighted by molar-refractivity contribution is 6.42. The molecule has 0 spiro atoms. The van der Waals surface area contributed by atoms with Gasteiger partial charge in [-0.1, -0.05) is 29.3 Å². The Bertz CT molecular complexity index is 1820. The number of hydroxylamine groups is 1. The minimum atomic E-state index is -5.35. The summed E-state index contributed by atoms with van der Waals surface area (Å²) in [5.74, 6) is -4.93. The lowest BCUT2D eigenvalue weighted by atomic mass is 10.0. The monoisotopic (exact) mass is 685 g/mol. The lowest BCUT2D eigenvalue weighted by Crippen LogP contribution is -2.60. The van der Waals surface area contributed by atoms with Gasteiger partial charge in [0.2, 0.25) is 0 Å². The van der Waals surface area contributed by atoms with Gasteiger partial charge in [0.15, 0.2) is 0 Å². The molecule has 1 N–H and O–H groups in total. The van der Waals surface area contributed by atoms with Gasteiger partial charge >= 0.3 is 23.9 Å². The van der Waals surface area contributed by atoms with Crippen LogP contribution in [0.15, 0.2) is 35.3 Å². The molecule has 3 aliphatic rings. The van der Waals surface area contributed by atoms with Crippen molar-refractivity contribution in [1.82, 2.24) is 34.4 Å². The Morgan fingerprint density at radius 3 is 2.46 bits per heavy atom. The van der Waals surface area contributed by atoms with Gasteiger partial charge in [0.25, 0.3) is 17.6 Å². The van der Waals surface area contributed by atoms with E-state index in [-0.39, 0.29) is 53.1 Å². The van der Waals surface area contributed by atoms with E-state index in [9.17, 15) is 32.3 Å². The van der Waals surface area contributed by atoms with Crippen molar-refractivity contribution in [2.24, 2.45) is 0 Å². The minimum Gasteiger partial charge on any atom is -0.332 e. The van der Waals surface area contributed by atoms with Crippen molar-refractivity contribution in [3.8, 4) is 0 Å². The van der Waals surface area contributed by atoms with Crippen LogP contribution in [-0.2, 0) is 20.8 Å². The highest BCUT2D eigenvalue weighted by Crippen LogP contribution is 2.28. The molecule has 46 heavy (non-hydrogen) atoms. The highest BCUT2D eigenvalue weighted by Gasteiger charge is 2.56. The number of nitrogens with zero attached hydrogens (tertiary/aromatic N) is 6. The van der Waals surface area contributed by atoms with Crippen LogP contribution in [0.1, 0.15) is 40.9 Å². The molecule has 3 aliphatic heterocycles. The Hall–Kier alpha value is -4.31. The van der Waals surface area contributed by atoms with Crippen LogP contribution in [0.4, 0.5) is 17.6 Å². The zero-order valence-electron chi connectivity index (χ0n) is 23.8. The van der Waals surface area contributed by atoms with Gasteiger partial charge in [-0.2, -0.15) is 13.2 Å². The van der Waals surface area contributed by atoms with Crippen LogP contribution < -0.4 is 10.7 Å². The summed E-state index contributed by atoms with van der Waals surface area (Å²) in [6, 6.07) is 5.26. The number of carbonyl (C=O) groups excluding carboxylic acids is 3. The van der Waals surface area contributed by atoms with E-state index >= 15 is 4.39 Å². The third-order valence-corrected chi connectivity index (χ3v) is 8.80. The smallest absolute Gasteiger partial charge is 0.332 e. The number of aromatic nitrogens is 2. The van der Waals surface area contributed by atoms with Crippen molar-refractivity contribution in [3.63, 3.8) is 0 Å². The SMILES string of the molecule is O=C(C1=[N+]N(OC(=O)C(F)(F)F)C2CN(C(=O)c3cc(Cc4c[nH]c(=O)c5cc(Cl)c(Cl)n45)ccc3F)CCN12)N1CCCCC1. The number of rotatable bonds is 5. The molecule has 0 saturated carbocycles. The van der Waals surface area contributed by atoms with Crippen molar-refractivity contribution in [2.45, 2.75) is 38.0 Å². The van der Waals surface area contributed by atoms with E-state index < -0.39 is 41.5 Å². The lowest BCUT2D eigenvalue weighted by molar-refractivity contribution is -0.258. The predicted octanol–water partition coefficient (Wildman–Crippen LogP) is 2.75. The Morgan fingerprint density at radius 1 is 1.00 bits per heavy atom. The molecule has 1 atom stereocenters. The number of fused-ring (bicyclic) bond motifs is 2. The van der Waals surface area contributed by atoms with Crippen molar-refractivity contribution >= 4 is 52.3 Å². The number of piperazine rings is 1. The molecule has 6 rings (SSSR count). The number of alkyl halides is 3. The molecule has 1 radical (unpaired) electrons. The molecule has 1 unspecified atom stereocenters. The maximum atomic E-state index is 15.1. The number of amides is 2. The van der Waals surface area contributed by atoms with Crippen LogP contribution in [0, 0.1) is 5.82 Å². The summed E-state index contributed by atoms with van der Waals surface area (Å²) < 4.78 is 55.8. The van der Waals surface area contributed by atoms with Crippen molar-refractivity contribution < 1.29 is 36.8 Å². The fraction of sp³-hybridized carbons (Fsp3) is 0.393. The summed E-state index contributed by atoms with van der Waals surface area (Å²) in [7, 11) is 0. The Kier molecular flexibility index (Phi) is 8.35. The topological polar surface area (TPSA) is 125 Å². The van der Waals surface area contributed by atoms with Gasteiger partial charge < -0.3 is 14.8 Å². The van der Waals surface area contributed by atoms with Crippen LogP contribution in [0.25, 0.3) is 5.52 Å². The summed E-state index contributed by atoms with van der Waals surface area (Å²) in [4.78, 5) is 62.1. The molecule has 2 saturated heterocycles. The molecule has 1 aromatic carbocycles. The number of halogens is 6. The number of aromatic amines is 1. The lowest BCUT2D eigenvalue weighted by Gasteiger charge is -2.35. The van der Waals surface area contributed by atoms with Crippen LogP contribution in [0.2, 0.25) is 10.2 Å². The maximum Gasteiger partial charge on any atom is 0.493 e. The zero-order chi connectivity index (χ0) is 32.9. The van der Waals surface area contributed by atoms with Gasteiger partial charge in [-0.25, -0.2) is 14.1 Å². The number of carbonyl (C=O) groups is 3. The molecule has 243 valence electrons. The zero-order valence-corrected chi connectivity index (χ0v) is 25.3. The first-order valence-electron chi connectivity index (χ1n) is 14.2. The first kappa shape index (κ1) is 31.7. The molecule has 0 bridgehead atoms. The molecule has 2 amide bonds. The second-order valence-electron chi connectivity index (χ2n) is 11.0. The van der Waals surface area contributed by atoms with Crippen molar-refractivity contribution in [2.75, 3.05) is 32.7 Å².